The molecule has 0 fully saturated rings. The molecule has 0 radical (unpaired) electrons. The molecule has 6 rings (SSSR count). The van der Waals surface area contributed by atoms with Crippen molar-refractivity contribution in [3.05, 3.63) is 123 Å². The first-order chi connectivity index (χ1) is 17.2. The van der Waals surface area contributed by atoms with Crippen molar-refractivity contribution < 1.29 is 0 Å². The van der Waals surface area contributed by atoms with Crippen LogP contribution in [0.2, 0.25) is 0 Å². The number of halogens is 2. The van der Waals surface area contributed by atoms with E-state index in [1.807, 2.05) is 47.5 Å². The maximum absolute atomic E-state index is 5.08. The summed E-state index contributed by atoms with van der Waals surface area (Å²) >= 11 is 7.17. The fraction of sp³-hybridized carbons (Fsp3) is 0.0690. The molecule has 2 heterocycles. The lowest BCUT2D eigenvalue weighted by Gasteiger charge is -2.23. The quantitative estimate of drug-likeness (QED) is 0.214. The van der Waals surface area contributed by atoms with Gasteiger partial charge in [0.2, 0.25) is 5.95 Å². The Morgan fingerprint density at radius 2 is 1.46 bits per heavy atom. The van der Waals surface area contributed by atoms with Gasteiger partial charge in [-0.25, -0.2) is 15.0 Å². The summed E-state index contributed by atoms with van der Waals surface area (Å²) in [5, 5.41) is 8.09. The summed E-state index contributed by atoms with van der Waals surface area (Å²) in [5.74, 6) is 0.597. The Bertz CT molecular complexity index is 1550. The Kier molecular flexibility index (Phi) is 5.92. The fourth-order valence-electron chi connectivity index (χ4n) is 4.47. The van der Waals surface area contributed by atoms with Gasteiger partial charge in [-0.3, -0.25) is 0 Å². The highest BCUT2D eigenvalue weighted by molar-refractivity contribution is 9.10. The van der Waals surface area contributed by atoms with Crippen LogP contribution in [0, 0.1) is 0 Å². The van der Waals surface area contributed by atoms with Crippen molar-refractivity contribution in [1.82, 2.24) is 9.97 Å². The van der Waals surface area contributed by atoms with Crippen LogP contribution in [0.25, 0.3) is 22.2 Å². The average Bonchev–Trinajstić information content (AvgIpc) is 3.35. The smallest absolute Gasteiger partial charge is 0.223 e. The number of hydrogen-bond donors (Lipinski definition) is 0. The second-order valence-corrected chi connectivity index (χ2v) is 10.3. The molecular formula is C29H20Br2N4. The number of hydrogen-bond acceptors (Lipinski definition) is 4. The summed E-state index contributed by atoms with van der Waals surface area (Å²) in [6.45, 7) is 0. The van der Waals surface area contributed by atoms with Gasteiger partial charge in [0.05, 0.1) is 23.0 Å². The highest BCUT2D eigenvalue weighted by atomic mass is 79.9. The second-order valence-electron chi connectivity index (χ2n) is 8.43. The van der Waals surface area contributed by atoms with Crippen LogP contribution in [0.3, 0.4) is 0 Å². The minimum Gasteiger partial charge on any atom is -0.223 e. The van der Waals surface area contributed by atoms with Gasteiger partial charge in [-0.2, -0.15) is 5.10 Å². The summed E-state index contributed by atoms with van der Waals surface area (Å²) in [4.78, 5) is 10.1. The zero-order valence-electron chi connectivity index (χ0n) is 18.6. The van der Waals surface area contributed by atoms with E-state index in [-0.39, 0.29) is 6.04 Å². The molecule has 0 N–H and O–H groups in total. The molecule has 5 aromatic rings. The van der Waals surface area contributed by atoms with E-state index < -0.39 is 0 Å². The molecule has 0 bridgehead atoms. The molecular weight excluding hydrogens is 564 g/mol. The van der Waals surface area contributed by atoms with Gasteiger partial charge in [0, 0.05) is 26.3 Å². The summed E-state index contributed by atoms with van der Waals surface area (Å²) in [7, 11) is 0. The Balaban J connectivity index is 1.53. The van der Waals surface area contributed by atoms with Crippen molar-refractivity contribution in [3.8, 4) is 11.3 Å². The van der Waals surface area contributed by atoms with Crippen LogP contribution in [0.5, 0.6) is 0 Å². The number of fused-ring (bicyclic) bond motifs is 1. The molecule has 6 heteroatoms. The lowest BCUT2D eigenvalue weighted by molar-refractivity contribution is 0.688. The lowest BCUT2D eigenvalue weighted by Crippen LogP contribution is -2.21. The molecule has 0 saturated carbocycles. The normalized spacial score (nSPS) is 15.4. The predicted molar refractivity (Wildman–Crippen MR) is 150 cm³/mol. The number of para-hydroxylation sites is 1. The van der Waals surface area contributed by atoms with Crippen LogP contribution in [0.4, 0.5) is 5.95 Å². The average molecular weight is 584 g/mol. The first-order valence-corrected chi connectivity index (χ1v) is 12.9. The van der Waals surface area contributed by atoms with Crippen molar-refractivity contribution in [2.45, 2.75) is 12.5 Å². The van der Waals surface area contributed by atoms with E-state index >= 15 is 0 Å². The molecule has 0 spiro atoms. The molecule has 1 atom stereocenters. The molecule has 0 aliphatic carbocycles. The third kappa shape index (κ3) is 4.40. The Morgan fingerprint density at radius 3 is 2.26 bits per heavy atom. The van der Waals surface area contributed by atoms with Crippen molar-refractivity contribution >= 4 is 54.4 Å². The minimum atomic E-state index is -0.0177. The van der Waals surface area contributed by atoms with Gasteiger partial charge in [-0.05, 0) is 41.5 Å². The number of benzene rings is 4. The maximum Gasteiger partial charge on any atom is 0.247 e. The van der Waals surface area contributed by atoms with Gasteiger partial charge in [0.1, 0.15) is 0 Å². The molecule has 170 valence electrons. The topological polar surface area (TPSA) is 41.4 Å². The third-order valence-corrected chi connectivity index (χ3v) is 7.19. The van der Waals surface area contributed by atoms with Gasteiger partial charge in [-0.1, -0.05) is 105 Å². The van der Waals surface area contributed by atoms with Gasteiger partial charge >= 0.3 is 0 Å². The van der Waals surface area contributed by atoms with E-state index in [1.54, 1.807) is 0 Å². The van der Waals surface area contributed by atoms with Crippen LogP contribution in [-0.2, 0) is 0 Å². The van der Waals surface area contributed by atoms with Crippen LogP contribution < -0.4 is 5.01 Å². The Hall–Kier alpha value is -3.35. The monoisotopic (exact) mass is 582 g/mol. The molecule has 0 amide bonds. The minimum absolute atomic E-state index is 0.0177. The standard InChI is InChI=1S/C29H20Br2N4/c30-22-15-13-19(14-16-22)26-18-27(21-9-6-10-23(31)17-21)35(34-26)29-32-25-12-5-4-11-24(25)28(33-29)20-7-2-1-3-8-20/h1-17,27H,18H2/t27-/m0/s1. The van der Waals surface area contributed by atoms with Crippen molar-refractivity contribution in [3.63, 3.8) is 0 Å². The maximum atomic E-state index is 5.08. The van der Waals surface area contributed by atoms with Gasteiger partial charge in [0.25, 0.3) is 0 Å². The lowest BCUT2D eigenvalue weighted by atomic mass is 9.98. The largest absolute Gasteiger partial charge is 0.247 e. The summed E-state index contributed by atoms with van der Waals surface area (Å²) in [5.41, 5.74) is 6.14. The number of aromatic nitrogens is 2. The third-order valence-electron chi connectivity index (χ3n) is 6.16. The van der Waals surface area contributed by atoms with Crippen LogP contribution in [0.15, 0.2) is 117 Å². The first kappa shape index (κ1) is 22.1. The molecule has 1 aromatic heterocycles. The van der Waals surface area contributed by atoms with Gasteiger partial charge in [-0.15, -0.1) is 0 Å². The number of anilines is 1. The summed E-state index contributed by atoms with van der Waals surface area (Å²) in [6.07, 6.45) is 0.759. The zero-order valence-corrected chi connectivity index (χ0v) is 21.8. The van der Waals surface area contributed by atoms with E-state index in [0.29, 0.717) is 5.95 Å². The van der Waals surface area contributed by atoms with Crippen molar-refractivity contribution in [1.29, 1.82) is 0 Å². The molecule has 1 aliphatic heterocycles. The Labute approximate surface area is 220 Å². The van der Waals surface area contributed by atoms with E-state index in [2.05, 4.69) is 92.5 Å². The molecule has 4 nitrogen and oxygen atoms in total. The van der Waals surface area contributed by atoms with E-state index in [0.717, 1.165) is 54.4 Å². The number of nitrogens with zero attached hydrogens (tertiary/aromatic N) is 4. The highest BCUT2D eigenvalue weighted by Gasteiger charge is 2.32. The molecule has 0 unspecified atom stereocenters. The van der Waals surface area contributed by atoms with Gasteiger partial charge < -0.3 is 0 Å². The molecule has 4 aromatic carbocycles. The van der Waals surface area contributed by atoms with Crippen LogP contribution in [0.1, 0.15) is 23.6 Å². The van der Waals surface area contributed by atoms with E-state index in [9.17, 15) is 0 Å². The van der Waals surface area contributed by atoms with Crippen LogP contribution >= 0.6 is 31.9 Å². The van der Waals surface area contributed by atoms with Gasteiger partial charge in [0.15, 0.2) is 0 Å². The summed E-state index contributed by atoms with van der Waals surface area (Å²) in [6, 6.07) is 35.1. The summed E-state index contributed by atoms with van der Waals surface area (Å²) < 4.78 is 2.09. The van der Waals surface area contributed by atoms with Crippen molar-refractivity contribution in [2.75, 3.05) is 5.01 Å². The molecule has 35 heavy (non-hydrogen) atoms. The molecule has 1 aliphatic rings. The Morgan fingerprint density at radius 1 is 0.686 bits per heavy atom. The SMILES string of the molecule is Brc1ccc(C2=NN(c3nc(-c4ccccc4)c4ccccc4n3)[C@H](c3cccc(Br)c3)C2)cc1. The second kappa shape index (κ2) is 9.36. The zero-order chi connectivity index (χ0) is 23.8. The predicted octanol–water partition coefficient (Wildman–Crippen LogP) is 8.18. The first-order valence-electron chi connectivity index (χ1n) is 11.4. The molecule has 0 saturated heterocycles. The highest BCUT2D eigenvalue weighted by Crippen LogP contribution is 2.38. The number of hydrazone groups is 1. The fourth-order valence-corrected chi connectivity index (χ4v) is 5.15. The van der Waals surface area contributed by atoms with Crippen LogP contribution in [-0.4, -0.2) is 15.7 Å². The van der Waals surface area contributed by atoms with E-state index in [4.69, 9.17) is 15.1 Å². The number of rotatable bonds is 4. The van der Waals surface area contributed by atoms with Crippen molar-refractivity contribution in [2.24, 2.45) is 5.10 Å². The van der Waals surface area contributed by atoms with E-state index in [1.165, 1.54) is 0 Å².